The van der Waals surface area contributed by atoms with Gasteiger partial charge in [0.05, 0.1) is 10.0 Å². The van der Waals surface area contributed by atoms with Crippen molar-refractivity contribution in [2.75, 3.05) is 19.7 Å². The third-order valence-electron chi connectivity index (χ3n) is 2.17. The maximum absolute atomic E-state index is 9.67. The lowest BCUT2D eigenvalue weighted by Gasteiger charge is -2.14. The average Bonchev–Trinajstić information content (AvgIpc) is 2.34. The van der Waals surface area contributed by atoms with Gasteiger partial charge in [-0.1, -0.05) is 29.3 Å². The Hall–Kier alpha value is -0.920. The molecule has 0 aliphatic carbocycles. The van der Waals surface area contributed by atoms with Crippen molar-refractivity contribution in [2.24, 2.45) is 0 Å². The molecule has 1 atom stereocenters. The van der Waals surface area contributed by atoms with E-state index in [-0.39, 0.29) is 6.61 Å². The first-order valence-corrected chi connectivity index (χ1v) is 6.29. The summed E-state index contributed by atoms with van der Waals surface area (Å²) in [4.78, 5) is 0. The van der Waals surface area contributed by atoms with E-state index < -0.39 is 6.10 Å². The van der Waals surface area contributed by atoms with Crippen LogP contribution in [0.3, 0.4) is 0 Å². The second-order valence-electron chi connectivity index (χ2n) is 3.67. The van der Waals surface area contributed by atoms with Crippen molar-refractivity contribution in [2.45, 2.75) is 12.5 Å². The van der Waals surface area contributed by atoms with Gasteiger partial charge in [0.2, 0.25) is 0 Å². The SMILES string of the molecule is C#CCCNCC(O)COc1c(Cl)cccc1Cl. The summed E-state index contributed by atoms with van der Waals surface area (Å²) in [6.45, 7) is 1.19. The van der Waals surface area contributed by atoms with E-state index in [0.717, 1.165) is 0 Å². The number of hydrogen-bond acceptors (Lipinski definition) is 3. The molecule has 1 aromatic rings. The number of terminal acetylenes is 1. The Labute approximate surface area is 117 Å². The number of halogens is 2. The molecule has 5 heteroatoms. The first-order valence-electron chi connectivity index (χ1n) is 5.54. The summed E-state index contributed by atoms with van der Waals surface area (Å²) >= 11 is 11.9. The maximum atomic E-state index is 9.67. The van der Waals surface area contributed by atoms with E-state index in [0.29, 0.717) is 35.3 Å². The second kappa shape index (κ2) is 8.23. The Morgan fingerprint density at radius 1 is 1.39 bits per heavy atom. The Morgan fingerprint density at radius 3 is 2.67 bits per heavy atom. The summed E-state index contributed by atoms with van der Waals surface area (Å²) in [7, 11) is 0. The summed E-state index contributed by atoms with van der Waals surface area (Å²) in [6.07, 6.45) is 5.09. The first-order chi connectivity index (χ1) is 8.65. The van der Waals surface area contributed by atoms with Crippen molar-refractivity contribution in [3.8, 4) is 18.1 Å². The fourth-order valence-electron chi connectivity index (χ4n) is 1.29. The van der Waals surface area contributed by atoms with Gasteiger partial charge in [0, 0.05) is 19.5 Å². The lowest BCUT2D eigenvalue weighted by atomic mass is 10.3. The maximum Gasteiger partial charge on any atom is 0.156 e. The Morgan fingerprint density at radius 2 is 2.06 bits per heavy atom. The Kier molecular flexibility index (Phi) is 6.92. The van der Waals surface area contributed by atoms with Crippen LogP contribution in [0, 0.1) is 12.3 Å². The van der Waals surface area contributed by atoms with Crippen LogP contribution >= 0.6 is 23.2 Å². The minimum atomic E-state index is -0.643. The van der Waals surface area contributed by atoms with E-state index in [4.69, 9.17) is 34.4 Å². The molecule has 0 spiro atoms. The molecule has 2 N–H and O–H groups in total. The van der Waals surface area contributed by atoms with Crippen molar-refractivity contribution in [1.82, 2.24) is 5.32 Å². The van der Waals surface area contributed by atoms with Gasteiger partial charge in [-0.2, -0.15) is 0 Å². The highest BCUT2D eigenvalue weighted by Gasteiger charge is 2.09. The second-order valence-corrected chi connectivity index (χ2v) is 4.49. The van der Waals surface area contributed by atoms with Gasteiger partial charge < -0.3 is 15.2 Å². The number of nitrogens with one attached hydrogen (secondary N) is 1. The van der Waals surface area contributed by atoms with Crippen molar-refractivity contribution >= 4 is 23.2 Å². The summed E-state index contributed by atoms with van der Waals surface area (Å²) in [5.41, 5.74) is 0. The monoisotopic (exact) mass is 287 g/mol. The van der Waals surface area contributed by atoms with E-state index in [1.807, 2.05) is 0 Å². The van der Waals surface area contributed by atoms with Crippen LogP contribution in [0.25, 0.3) is 0 Å². The molecule has 0 bridgehead atoms. The molecule has 0 saturated carbocycles. The van der Waals surface area contributed by atoms with Gasteiger partial charge in [0.25, 0.3) is 0 Å². The largest absolute Gasteiger partial charge is 0.488 e. The highest BCUT2D eigenvalue weighted by Crippen LogP contribution is 2.32. The molecule has 98 valence electrons. The van der Waals surface area contributed by atoms with Crippen LogP contribution in [-0.2, 0) is 0 Å². The third-order valence-corrected chi connectivity index (χ3v) is 2.76. The molecule has 0 saturated heterocycles. The number of aliphatic hydroxyl groups is 1. The van der Waals surface area contributed by atoms with Gasteiger partial charge in [0.15, 0.2) is 5.75 Å². The van der Waals surface area contributed by atoms with E-state index in [2.05, 4.69) is 11.2 Å². The average molecular weight is 288 g/mol. The van der Waals surface area contributed by atoms with Crippen LogP contribution in [0.5, 0.6) is 5.75 Å². The summed E-state index contributed by atoms with van der Waals surface area (Å²) in [5.74, 6) is 2.90. The quantitative estimate of drug-likeness (QED) is 0.598. The number of para-hydroxylation sites is 1. The van der Waals surface area contributed by atoms with E-state index >= 15 is 0 Å². The predicted molar refractivity (Wildman–Crippen MR) is 74.3 cm³/mol. The third kappa shape index (κ3) is 5.16. The molecular formula is C13H15Cl2NO2. The lowest BCUT2D eigenvalue weighted by Crippen LogP contribution is -2.31. The van der Waals surface area contributed by atoms with Gasteiger partial charge >= 0.3 is 0 Å². The molecular weight excluding hydrogens is 273 g/mol. The molecule has 0 heterocycles. The van der Waals surface area contributed by atoms with Crippen molar-refractivity contribution in [1.29, 1.82) is 0 Å². The first kappa shape index (κ1) is 15.1. The molecule has 1 unspecified atom stereocenters. The number of rotatable bonds is 7. The van der Waals surface area contributed by atoms with E-state index in [9.17, 15) is 5.11 Å². The molecule has 1 aromatic carbocycles. The van der Waals surface area contributed by atoms with Crippen LogP contribution in [0.2, 0.25) is 10.0 Å². The molecule has 0 radical (unpaired) electrons. The van der Waals surface area contributed by atoms with Crippen molar-refractivity contribution in [3.63, 3.8) is 0 Å². The summed E-state index contributed by atoms with van der Waals surface area (Å²) in [5, 5.41) is 13.5. The van der Waals surface area contributed by atoms with Crippen LogP contribution < -0.4 is 10.1 Å². The van der Waals surface area contributed by atoms with Crippen LogP contribution in [0.4, 0.5) is 0 Å². The standard InChI is InChI=1S/C13H15Cl2NO2/c1-2-3-7-16-8-10(17)9-18-13-11(14)5-4-6-12(13)15/h1,4-6,10,16-17H,3,7-9H2. The minimum absolute atomic E-state index is 0.118. The predicted octanol–water partition coefficient (Wildman–Crippen LogP) is 2.35. The molecule has 0 aromatic heterocycles. The molecule has 0 aliphatic heterocycles. The normalized spacial score (nSPS) is 11.9. The minimum Gasteiger partial charge on any atom is -0.488 e. The molecule has 3 nitrogen and oxygen atoms in total. The van der Waals surface area contributed by atoms with E-state index in [1.54, 1.807) is 18.2 Å². The smallest absolute Gasteiger partial charge is 0.156 e. The zero-order chi connectivity index (χ0) is 13.4. The number of benzene rings is 1. The fourth-order valence-corrected chi connectivity index (χ4v) is 1.79. The molecule has 1 rings (SSSR count). The molecule has 0 aliphatic rings. The number of aliphatic hydroxyl groups excluding tert-OH is 1. The lowest BCUT2D eigenvalue weighted by molar-refractivity contribution is 0.107. The molecule has 18 heavy (non-hydrogen) atoms. The van der Waals surface area contributed by atoms with Crippen molar-refractivity contribution < 1.29 is 9.84 Å². The highest BCUT2D eigenvalue weighted by molar-refractivity contribution is 6.37. The van der Waals surface area contributed by atoms with Gasteiger partial charge in [-0.05, 0) is 12.1 Å². The van der Waals surface area contributed by atoms with Crippen LogP contribution in [-0.4, -0.2) is 30.9 Å². The van der Waals surface area contributed by atoms with Gasteiger partial charge in [0.1, 0.15) is 12.7 Å². The summed E-state index contributed by atoms with van der Waals surface area (Å²) < 4.78 is 5.39. The Balaban J connectivity index is 2.34. The highest BCUT2D eigenvalue weighted by atomic mass is 35.5. The van der Waals surface area contributed by atoms with E-state index in [1.165, 1.54) is 0 Å². The van der Waals surface area contributed by atoms with Gasteiger partial charge in [-0.15, -0.1) is 12.3 Å². The number of ether oxygens (including phenoxy) is 1. The summed E-state index contributed by atoms with van der Waals surface area (Å²) in [6, 6.07) is 5.09. The van der Waals surface area contributed by atoms with Gasteiger partial charge in [-0.3, -0.25) is 0 Å². The van der Waals surface area contributed by atoms with Crippen molar-refractivity contribution in [3.05, 3.63) is 28.2 Å². The number of hydrogen-bond donors (Lipinski definition) is 2. The fraction of sp³-hybridized carbons (Fsp3) is 0.385. The zero-order valence-electron chi connectivity index (χ0n) is 9.83. The van der Waals surface area contributed by atoms with Crippen LogP contribution in [0.15, 0.2) is 18.2 Å². The topological polar surface area (TPSA) is 41.5 Å². The van der Waals surface area contributed by atoms with Gasteiger partial charge in [-0.25, -0.2) is 0 Å². The van der Waals surface area contributed by atoms with Crippen LogP contribution in [0.1, 0.15) is 6.42 Å². The Bertz CT molecular complexity index is 398. The zero-order valence-corrected chi connectivity index (χ0v) is 11.3. The molecule has 0 amide bonds. The molecule has 0 fully saturated rings.